The Bertz CT molecular complexity index is 1280. The lowest BCUT2D eigenvalue weighted by molar-refractivity contribution is -0.302. The fourth-order valence-corrected chi connectivity index (χ4v) is 9.22. The van der Waals surface area contributed by atoms with Crippen LogP contribution in [-0.2, 0) is 23.8 Å². The Labute approximate surface area is 434 Å². The van der Waals surface area contributed by atoms with Crippen LogP contribution in [0.1, 0.15) is 271 Å². The van der Waals surface area contributed by atoms with Crippen molar-refractivity contribution in [2.24, 2.45) is 0 Å². The lowest BCUT2D eigenvalue weighted by Crippen LogP contribution is -2.60. The summed E-state index contributed by atoms with van der Waals surface area (Å²) in [5.74, 6) is -0.204. The van der Waals surface area contributed by atoms with Crippen LogP contribution in [0.15, 0.2) is 36.5 Å². The summed E-state index contributed by atoms with van der Waals surface area (Å²) < 4.78 is 16.7. The normalized spacial score (nSPS) is 19.3. The molecule has 6 N–H and O–H groups in total. The molecule has 0 saturated carbocycles. The van der Waals surface area contributed by atoms with Gasteiger partial charge in [-0.1, -0.05) is 237 Å². The number of amides is 1. The maximum atomic E-state index is 13.0. The van der Waals surface area contributed by atoms with E-state index in [2.05, 4.69) is 43.5 Å². The molecule has 0 radical (unpaired) electrons. The molecule has 0 aromatic rings. The molecule has 1 aliphatic rings. The highest BCUT2D eigenvalue weighted by atomic mass is 16.7. The van der Waals surface area contributed by atoms with Crippen molar-refractivity contribution in [3.8, 4) is 0 Å². The Morgan fingerprint density at radius 2 is 0.958 bits per heavy atom. The fraction of sp³-hybridized carbons (Fsp3) is 0.867. The number of rotatable bonds is 51. The first-order chi connectivity index (χ1) is 34.7. The topological polar surface area (TPSA) is 175 Å². The molecule has 1 heterocycles. The molecule has 0 aliphatic carbocycles. The predicted molar refractivity (Wildman–Crippen MR) is 292 cm³/mol. The van der Waals surface area contributed by atoms with Gasteiger partial charge in [0.2, 0.25) is 5.91 Å². The Morgan fingerprint density at radius 1 is 0.521 bits per heavy atom. The van der Waals surface area contributed by atoms with E-state index in [1.165, 1.54) is 167 Å². The van der Waals surface area contributed by atoms with Crippen LogP contribution in [0, 0.1) is 0 Å². The minimum atomic E-state index is -1.57. The molecule has 0 spiro atoms. The molecule has 11 heteroatoms. The summed E-state index contributed by atoms with van der Waals surface area (Å²) in [6, 6.07) is -0.810. The molecule has 1 fully saturated rings. The zero-order chi connectivity index (χ0) is 51.7. The van der Waals surface area contributed by atoms with E-state index in [0.717, 1.165) is 77.0 Å². The second-order valence-corrected chi connectivity index (χ2v) is 20.7. The first-order valence-corrected chi connectivity index (χ1v) is 29.8. The summed E-state index contributed by atoms with van der Waals surface area (Å²) in [6.45, 7) is 4.26. The van der Waals surface area contributed by atoms with Gasteiger partial charge >= 0.3 is 5.97 Å². The van der Waals surface area contributed by atoms with Gasteiger partial charge in [-0.2, -0.15) is 0 Å². The van der Waals surface area contributed by atoms with E-state index in [1.807, 2.05) is 6.08 Å². The molecule has 7 atom stereocenters. The second kappa shape index (κ2) is 50.1. The van der Waals surface area contributed by atoms with Crippen LogP contribution < -0.4 is 5.32 Å². The third-order valence-electron chi connectivity index (χ3n) is 14.0. The molecule has 1 aliphatic heterocycles. The minimum absolute atomic E-state index is 0.0183. The fourth-order valence-electron chi connectivity index (χ4n) is 9.22. The van der Waals surface area contributed by atoms with Gasteiger partial charge in [-0.15, -0.1) is 0 Å². The average molecular weight is 1010 g/mol. The van der Waals surface area contributed by atoms with Gasteiger partial charge in [0.05, 0.1) is 32.0 Å². The standard InChI is InChI=1S/C60H111NO10/c1-3-5-7-9-11-13-14-15-25-28-32-36-40-44-48-56(65)69-49-45-41-37-33-29-26-23-21-19-17-16-18-20-22-24-27-31-35-39-43-47-55(64)61-52(53(63)46-42-38-34-30-12-10-8-6-4-2)51-70-60-59(68)58(67)57(66)54(50-62)71-60/h9,11,14-15,42,46,52-54,57-60,62-63,66-68H,3-8,10,12-13,16-41,43-45,47-51H2,1-2H3,(H,61,64)/b11-9-,15-14-,46-42+. The lowest BCUT2D eigenvalue weighted by Gasteiger charge is -2.40. The van der Waals surface area contributed by atoms with E-state index >= 15 is 0 Å². The highest BCUT2D eigenvalue weighted by Crippen LogP contribution is 2.23. The Balaban J connectivity index is 2.01. The second-order valence-electron chi connectivity index (χ2n) is 20.7. The molecule has 1 amide bonds. The number of allylic oxidation sites excluding steroid dienone is 5. The summed E-state index contributed by atoms with van der Waals surface area (Å²) in [6.07, 6.45) is 51.0. The number of carbonyl (C=O) groups excluding carboxylic acids is 2. The number of hydrogen-bond acceptors (Lipinski definition) is 10. The maximum absolute atomic E-state index is 13.0. The van der Waals surface area contributed by atoms with Crippen molar-refractivity contribution >= 4 is 11.9 Å². The molecule has 11 nitrogen and oxygen atoms in total. The van der Waals surface area contributed by atoms with Crippen molar-refractivity contribution in [1.29, 1.82) is 0 Å². The van der Waals surface area contributed by atoms with Crippen molar-refractivity contribution in [2.45, 2.75) is 314 Å². The molecule has 0 aromatic carbocycles. The van der Waals surface area contributed by atoms with Crippen molar-refractivity contribution in [3.63, 3.8) is 0 Å². The van der Waals surface area contributed by atoms with Crippen LogP contribution in [0.4, 0.5) is 0 Å². The van der Waals surface area contributed by atoms with Crippen molar-refractivity contribution in [2.75, 3.05) is 19.8 Å². The molecule has 71 heavy (non-hydrogen) atoms. The summed E-state index contributed by atoms with van der Waals surface area (Å²) in [5, 5.41) is 54.2. The van der Waals surface area contributed by atoms with Crippen molar-refractivity contribution < 1.29 is 49.3 Å². The number of carbonyl (C=O) groups is 2. The third-order valence-corrected chi connectivity index (χ3v) is 14.0. The van der Waals surface area contributed by atoms with Crippen LogP contribution in [0.2, 0.25) is 0 Å². The predicted octanol–water partition coefficient (Wildman–Crippen LogP) is 13.5. The third kappa shape index (κ3) is 39.9. The largest absolute Gasteiger partial charge is 0.466 e. The Morgan fingerprint density at radius 3 is 1.46 bits per heavy atom. The number of aliphatic hydroxyl groups excluding tert-OH is 5. The van der Waals surface area contributed by atoms with E-state index in [9.17, 15) is 35.1 Å². The van der Waals surface area contributed by atoms with Gasteiger partial charge in [0.15, 0.2) is 6.29 Å². The molecule has 0 bridgehead atoms. The van der Waals surface area contributed by atoms with E-state index in [0.29, 0.717) is 19.4 Å². The monoisotopic (exact) mass is 1010 g/mol. The van der Waals surface area contributed by atoms with Gasteiger partial charge in [-0.3, -0.25) is 9.59 Å². The number of ether oxygens (including phenoxy) is 3. The Kier molecular flexibility index (Phi) is 47.2. The van der Waals surface area contributed by atoms with Gasteiger partial charge in [0.25, 0.3) is 0 Å². The molecule has 7 unspecified atom stereocenters. The highest BCUT2D eigenvalue weighted by Gasteiger charge is 2.44. The number of hydrogen-bond donors (Lipinski definition) is 6. The van der Waals surface area contributed by atoms with Gasteiger partial charge in [-0.25, -0.2) is 0 Å². The molecular formula is C60H111NO10. The summed E-state index contributed by atoms with van der Waals surface area (Å²) >= 11 is 0. The zero-order valence-corrected chi connectivity index (χ0v) is 45.7. The van der Waals surface area contributed by atoms with Crippen molar-refractivity contribution in [1.82, 2.24) is 5.32 Å². The number of nitrogens with one attached hydrogen (secondary N) is 1. The SMILES string of the molecule is CCCC/C=C\C/C=C\CCCCCCCC(=O)OCCCCCCCCCCCCCCCCCCCCCCC(=O)NC(COC1OC(CO)C(O)C(O)C1O)C(O)/C=C/CCCCCCCCC. The number of unbranched alkanes of at least 4 members (excludes halogenated alkanes) is 33. The summed E-state index contributed by atoms with van der Waals surface area (Å²) in [4.78, 5) is 25.0. The van der Waals surface area contributed by atoms with Crippen LogP contribution in [-0.4, -0.2) is 100 Å². The van der Waals surface area contributed by atoms with E-state index < -0.39 is 49.5 Å². The van der Waals surface area contributed by atoms with Gasteiger partial charge in [-0.05, 0) is 57.8 Å². The summed E-state index contributed by atoms with van der Waals surface area (Å²) in [5.41, 5.74) is 0. The summed E-state index contributed by atoms with van der Waals surface area (Å²) in [7, 11) is 0. The van der Waals surface area contributed by atoms with E-state index in [-0.39, 0.29) is 18.5 Å². The highest BCUT2D eigenvalue weighted by molar-refractivity contribution is 5.76. The van der Waals surface area contributed by atoms with Crippen LogP contribution in [0.25, 0.3) is 0 Å². The van der Waals surface area contributed by atoms with Crippen LogP contribution in [0.3, 0.4) is 0 Å². The Hall–Kier alpha value is -2.12. The maximum Gasteiger partial charge on any atom is 0.305 e. The first-order valence-electron chi connectivity index (χ1n) is 29.8. The lowest BCUT2D eigenvalue weighted by atomic mass is 9.99. The smallest absolute Gasteiger partial charge is 0.305 e. The minimum Gasteiger partial charge on any atom is -0.466 e. The van der Waals surface area contributed by atoms with Crippen LogP contribution >= 0.6 is 0 Å². The van der Waals surface area contributed by atoms with Gasteiger partial charge < -0.3 is 45.1 Å². The van der Waals surface area contributed by atoms with Gasteiger partial charge in [0.1, 0.15) is 24.4 Å². The van der Waals surface area contributed by atoms with E-state index in [4.69, 9.17) is 14.2 Å². The van der Waals surface area contributed by atoms with E-state index in [1.54, 1.807) is 6.08 Å². The number of esters is 1. The van der Waals surface area contributed by atoms with Crippen LogP contribution in [0.5, 0.6) is 0 Å². The molecule has 1 rings (SSSR count). The first kappa shape index (κ1) is 66.9. The molecule has 0 aromatic heterocycles. The van der Waals surface area contributed by atoms with Crippen molar-refractivity contribution in [3.05, 3.63) is 36.5 Å². The quantitative estimate of drug-likeness (QED) is 0.0195. The zero-order valence-electron chi connectivity index (χ0n) is 45.7. The molecule has 416 valence electrons. The molecular weight excluding hydrogens is 895 g/mol. The number of aliphatic hydroxyl groups is 5. The molecule has 1 saturated heterocycles. The van der Waals surface area contributed by atoms with Gasteiger partial charge in [0, 0.05) is 12.8 Å². The average Bonchev–Trinajstić information content (AvgIpc) is 3.37.